The van der Waals surface area contributed by atoms with E-state index in [9.17, 15) is 14.4 Å². The zero-order valence-corrected chi connectivity index (χ0v) is 43.3. The van der Waals surface area contributed by atoms with E-state index < -0.39 is 6.10 Å². The number of hydrogen-bond acceptors (Lipinski definition) is 6. The molecule has 1 atom stereocenters. The largest absolute Gasteiger partial charge is 0.462 e. The molecule has 0 radical (unpaired) electrons. The van der Waals surface area contributed by atoms with Crippen LogP contribution in [0.25, 0.3) is 0 Å². The van der Waals surface area contributed by atoms with E-state index >= 15 is 0 Å². The van der Waals surface area contributed by atoms with Gasteiger partial charge in [0.15, 0.2) is 6.10 Å². The Kier molecular flexibility index (Phi) is 51.8. The first-order valence-corrected chi connectivity index (χ1v) is 28.1. The van der Waals surface area contributed by atoms with Crippen LogP contribution in [-0.4, -0.2) is 37.2 Å². The first-order chi connectivity index (χ1) is 32.0. The number of rotatable bonds is 51. The highest BCUT2D eigenvalue weighted by Gasteiger charge is 2.19. The lowest BCUT2D eigenvalue weighted by Crippen LogP contribution is -2.30. The zero-order chi connectivity index (χ0) is 47.2. The van der Waals surface area contributed by atoms with Gasteiger partial charge in [-0.15, -0.1) is 0 Å². The Bertz CT molecular complexity index is 1140. The predicted molar refractivity (Wildman–Crippen MR) is 279 cm³/mol. The number of unbranched alkanes of at least 4 members (excludes halogenated alkanes) is 32. The predicted octanol–water partition coefficient (Wildman–Crippen LogP) is 18.7. The maximum atomic E-state index is 12.8. The summed E-state index contributed by atoms with van der Waals surface area (Å²) in [5.41, 5.74) is 0. The van der Waals surface area contributed by atoms with Gasteiger partial charge >= 0.3 is 17.9 Å². The highest BCUT2D eigenvalue weighted by atomic mass is 16.6. The van der Waals surface area contributed by atoms with Crippen molar-refractivity contribution in [1.82, 2.24) is 0 Å². The molecule has 0 saturated heterocycles. The SMILES string of the molecule is CCCCC/C=C\C/C=C\C/C=C\CCCCCCC(=O)OC[C@@H](COC(=O)CCCCCCCCCCCCCCCC)OC(=O)CCCCCCC/C=C\CCCCCCCCC. The molecule has 65 heavy (non-hydrogen) atoms. The molecule has 378 valence electrons. The fourth-order valence-corrected chi connectivity index (χ4v) is 8.03. The highest BCUT2D eigenvalue weighted by Crippen LogP contribution is 2.15. The van der Waals surface area contributed by atoms with Crippen molar-refractivity contribution in [3.8, 4) is 0 Å². The molecule has 0 aromatic rings. The minimum Gasteiger partial charge on any atom is -0.462 e. The van der Waals surface area contributed by atoms with Gasteiger partial charge in [-0.05, 0) is 83.5 Å². The standard InChI is InChI=1S/C59H106O6/c1-4-7-10-13-16-19-22-25-28-30-32-34-37-40-43-46-49-52-58(61)64-55-56(54-63-57(60)51-48-45-42-39-36-33-27-24-21-18-15-12-9-6-3)65-59(62)53-50-47-44-41-38-35-31-29-26-23-20-17-14-11-8-5-2/h16,19,25,28-29,31-32,34,56H,4-15,17-18,20-24,26-27,30,33,35-55H2,1-3H3/b19-16-,28-25-,31-29-,34-32-/t56-/m1/s1. The summed E-state index contributed by atoms with van der Waals surface area (Å²) in [4.78, 5) is 38.1. The normalized spacial score (nSPS) is 12.4. The number of carbonyl (C=O) groups excluding carboxylic acids is 3. The third-order valence-electron chi connectivity index (χ3n) is 12.3. The van der Waals surface area contributed by atoms with Gasteiger partial charge in [-0.3, -0.25) is 14.4 Å². The molecule has 0 fully saturated rings. The fraction of sp³-hybridized carbons (Fsp3) is 0.814. The molecule has 0 aliphatic carbocycles. The third kappa shape index (κ3) is 52.2. The van der Waals surface area contributed by atoms with Crippen molar-refractivity contribution < 1.29 is 28.6 Å². The second-order valence-electron chi connectivity index (χ2n) is 18.8. The number of ether oxygens (including phenoxy) is 3. The van der Waals surface area contributed by atoms with E-state index in [1.54, 1.807) is 0 Å². The monoisotopic (exact) mass is 911 g/mol. The second-order valence-corrected chi connectivity index (χ2v) is 18.8. The van der Waals surface area contributed by atoms with Crippen LogP contribution in [0.5, 0.6) is 0 Å². The van der Waals surface area contributed by atoms with Crippen molar-refractivity contribution in [1.29, 1.82) is 0 Å². The first kappa shape index (κ1) is 62.4. The second kappa shape index (κ2) is 54.0. The van der Waals surface area contributed by atoms with Crippen LogP contribution in [-0.2, 0) is 28.6 Å². The topological polar surface area (TPSA) is 78.9 Å². The molecule has 0 rings (SSSR count). The van der Waals surface area contributed by atoms with Gasteiger partial charge in [0.25, 0.3) is 0 Å². The van der Waals surface area contributed by atoms with Crippen molar-refractivity contribution in [3.05, 3.63) is 48.6 Å². The van der Waals surface area contributed by atoms with E-state index in [0.717, 1.165) is 96.3 Å². The van der Waals surface area contributed by atoms with E-state index in [1.165, 1.54) is 154 Å². The zero-order valence-electron chi connectivity index (χ0n) is 43.3. The number of hydrogen-bond donors (Lipinski definition) is 0. The van der Waals surface area contributed by atoms with Crippen LogP contribution in [0.3, 0.4) is 0 Å². The third-order valence-corrected chi connectivity index (χ3v) is 12.3. The van der Waals surface area contributed by atoms with Crippen molar-refractivity contribution in [2.24, 2.45) is 0 Å². The van der Waals surface area contributed by atoms with E-state index in [0.29, 0.717) is 19.3 Å². The molecule has 0 unspecified atom stereocenters. The van der Waals surface area contributed by atoms with Gasteiger partial charge in [-0.25, -0.2) is 0 Å². The smallest absolute Gasteiger partial charge is 0.306 e. The van der Waals surface area contributed by atoms with Crippen LogP contribution < -0.4 is 0 Å². The molecular formula is C59H106O6. The van der Waals surface area contributed by atoms with Gasteiger partial charge in [0.05, 0.1) is 0 Å². The average Bonchev–Trinajstić information content (AvgIpc) is 3.30. The Hall–Kier alpha value is -2.63. The lowest BCUT2D eigenvalue weighted by atomic mass is 10.0. The van der Waals surface area contributed by atoms with Crippen LogP contribution >= 0.6 is 0 Å². The molecule has 0 aliphatic heterocycles. The van der Waals surface area contributed by atoms with Gasteiger partial charge < -0.3 is 14.2 Å². The summed E-state index contributed by atoms with van der Waals surface area (Å²) in [6, 6.07) is 0. The quantitative estimate of drug-likeness (QED) is 0.0262. The van der Waals surface area contributed by atoms with Crippen molar-refractivity contribution in [2.45, 2.75) is 297 Å². The molecule has 0 aliphatic rings. The molecule has 0 bridgehead atoms. The molecule has 0 saturated carbocycles. The van der Waals surface area contributed by atoms with Gasteiger partial charge in [-0.2, -0.15) is 0 Å². The molecule has 6 nitrogen and oxygen atoms in total. The summed E-state index contributed by atoms with van der Waals surface area (Å²) in [6.45, 7) is 6.61. The summed E-state index contributed by atoms with van der Waals surface area (Å²) in [5, 5.41) is 0. The highest BCUT2D eigenvalue weighted by molar-refractivity contribution is 5.71. The minimum atomic E-state index is -0.784. The summed E-state index contributed by atoms with van der Waals surface area (Å²) >= 11 is 0. The van der Waals surface area contributed by atoms with E-state index in [-0.39, 0.29) is 31.1 Å². The Morgan fingerprint density at radius 2 is 0.554 bits per heavy atom. The minimum absolute atomic E-state index is 0.0809. The van der Waals surface area contributed by atoms with Crippen LogP contribution in [0.15, 0.2) is 48.6 Å². The lowest BCUT2D eigenvalue weighted by Gasteiger charge is -2.18. The maximum absolute atomic E-state index is 12.8. The number of carbonyl (C=O) groups is 3. The molecule has 0 N–H and O–H groups in total. The fourth-order valence-electron chi connectivity index (χ4n) is 8.03. The van der Waals surface area contributed by atoms with Crippen LogP contribution in [0.4, 0.5) is 0 Å². The Balaban J connectivity index is 4.41. The molecule has 0 amide bonds. The lowest BCUT2D eigenvalue weighted by molar-refractivity contribution is -0.167. The molecule has 0 aromatic heterocycles. The van der Waals surface area contributed by atoms with Crippen molar-refractivity contribution in [2.75, 3.05) is 13.2 Å². The molecule has 0 heterocycles. The maximum Gasteiger partial charge on any atom is 0.306 e. The number of allylic oxidation sites excluding steroid dienone is 8. The molecule has 0 spiro atoms. The summed E-state index contributed by atoms with van der Waals surface area (Å²) in [6.07, 6.45) is 65.2. The Labute approximate surface area is 403 Å². The molecule has 0 aromatic carbocycles. The van der Waals surface area contributed by atoms with Gasteiger partial charge in [0.1, 0.15) is 13.2 Å². The summed E-state index contributed by atoms with van der Waals surface area (Å²) in [7, 11) is 0. The van der Waals surface area contributed by atoms with Gasteiger partial charge in [-0.1, -0.05) is 236 Å². The van der Waals surface area contributed by atoms with E-state index in [2.05, 4.69) is 69.4 Å². The number of esters is 3. The first-order valence-electron chi connectivity index (χ1n) is 28.1. The van der Waals surface area contributed by atoms with Gasteiger partial charge in [0, 0.05) is 19.3 Å². The van der Waals surface area contributed by atoms with Crippen molar-refractivity contribution in [3.63, 3.8) is 0 Å². The molecule has 6 heteroatoms. The van der Waals surface area contributed by atoms with E-state index in [4.69, 9.17) is 14.2 Å². The van der Waals surface area contributed by atoms with Crippen LogP contribution in [0.1, 0.15) is 290 Å². The van der Waals surface area contributed by atoms with Crippen LogP contribution in [0, 0.1) is 0 Å². The average molecular weight is 911 g/mol. The van der Waals surface area contributed by atoms with Crippen LogP contribution in [0.2, 0.25) is 0 Å². The van der Waals surface area contributed by atoms with Gasteiger partial charge in [0.2, 0.25) is 0 Å². The van der Waals surface area contributed by atoms with E-state index in [1.807, 2.05) is 0 Å². The Morgan fingerprint density at radius 1 is 0.308 bits per heavy atom. The summed E-state index contributed by atoms with van der Waals surface area (Å²) in [5.74, 6) is -0.899. The van der Waals surface area contributed by atoms with Crippen molar-refractivity contribution >= 4 is 17.9 Å². The molecular weight excluding hydrogens is 805 g/mol. The Morgan fingerprint density at radius 3 is 0.908 bits per heavy atom. The summed E-state index contributed by atoms with van der Waals surface area (Å²) < 4.78 is 16.8.